The molecular formula is C11H17N5O4. The minimum Gasteiger partial charge on any atom is -0.479 e. The molecule has 0 aromatic carbocycles. The molecule has 1 atom stereocenters. The van der Waals surface area contributed by atoms with Gasteiger partial charge in [0.25, 0.3) is 0 Å². The number of aromatic nitrogens is 3. The van der Waals surface area contributed by atoms with E-state index in [4.69, 9.17) is 4.74 Å². The third kappa shape index (κ3) is 2.87. The lowest BCUT2D eigenvalue weighted by atomic mass is 9.99. The first-order chi connectivity index (χ1) is 9.57. The molecule has 1 aliphatic rings. The van der Waals surface area contributed by atoms with Gasteiger partial charge in [-0.3, -0.25) is 0 Å². The van der Waals surface area contributed by atoms with Crippen molar-refractivity contribution < 1.29 is 19.4 Å². The lowest BCUT2D eigenvalue weighted by Crippen LogP contribution is -2.57. The van der Waals surface area contributed by atoms with E-state index >= 15 is 0 Å². The van der Waals surface area contributed by atoms with Crippen molar-refractivity contribution in [1.29, 1.82) is 0 Å². The maximum atomic E-state index is 11.8. The Labute approximate surface area is 115 Å². The highest BCUT2D eigenvalue weighted by atomic mass is 16.5. The number of carboxylic acids is 1. The summed E-state index contributed by atoms with van der Waals surface area (Å²) in [5, 5.41) is 21.8. The lowest BCUT2D eigenvalue weighted by molar-refractivity contribution is -0.144. The van der Waals surface area contributed by atoms with Crippen molar-refractivity contribution in [3.8, 4) is 0 Å². The normalized spacial score (nSPS) is 21.6. The smallest absolute Gasteiger partial charge is 0.332 e. The van der Waals surface area contributed by atoms with Crippen LogP contribution in [0.5, 0.6) is 0 Å². The van der Waals surface area contributed by atoms with E-state index < -0.39 is 17.5 Å². The number of carbonyl (C=O) groups excluding carboxylic acids is 1. The average Bonchev–Trinajstić information content (AvgIpc) is 3.05. The van der Waals surface area contributed by atoms with E-state index in [0.717, 1.165) is 0 Å². The van der Waals surface area contributed by atoms with Gasteiger partial charge in [0.2, 0.25) is 0 Å². The number of nitrogens with zero attached hydrogens (tertiary/aromatic N) is 3. The van der Waals surface area contributed by atoms with Gasteiger partial charge in [0, 0.05) is 19.6 Å². The SMILES string of the molecule is CCn1cnnc1CNC(=O)NC1(C(=O)O)CCOC1. The second-order valence-electron chi connectivity index (χ2n) is 4.53. The Kier molecular flexibility index (Phi) is 4.18. The Morgan fingerprint density at radius 2 is 2.40 bits per heavy atom. The molecule has 9 nitrogen and oxygen atoms in total. The molecule has 20 heavy (non-hydrogen) atoms. The van der Waals surface area contributed by atoms with Crippen LogP contribution in [-0.4, -0.2) is 50.6 Å². The van der Waals surface area contributed by atoms with E-state index in [2.05, 4.69) is 20.8 Å². The van der Waals surface area contributed by atoms with Crippen LogP contribution in [0.4, 0.5) is 4.79 Å². The fraction of sp³-hybridized carbons (Fsp3) is 0.636. The molecule has 0 radical (unpaired) electrons. The number of hydrogen-bond acceptors (Lipinski definition) is 5. The molecular weight excluding hydrogens is 266 g/mol. The Bertz CT molecular complexity index is 495. The third-order valence-electron chi connectivity index (χ3n) is 3.23. The summed E-state index contributed by atoms with van der Waals surface area (Å²) in [5.74, 6) is -0.489. The molecule has 1 unspecified atom stereocenters. The number of carboxylic acid groups (broad SMARTS) is 1. The summed E-state index contributed by atoms with van der Waals surface area (Å²) >= 11 is 0. The van der Waals surface area contributed by atoms with E-state index in [1.165, 1.54) is 0 Å². The van der Waals surface area contributed by atoms with Crippen LogP contribution >= 0.6 is 0 Å². The summed E-state index contributed by atoms with van der Waals surface area (Å²) in [7, 11) is 0. The zero-order chi connectivity index (χ0) is 14.6. The monoisotopic (exact) mass is 283 g/mol. The average molecular weight is 283 g/mol. The molecule has 2 rings (SSSR count). The first kappa shape index (κ1) is 14.3. The van der Waals surface area contributed by atoms with E-state index in [1.54, 1.807) is 10.9 Å². The summed E-state index contributed by atoms with van der Waals surface area (Å²) in [6.45, 7) is 3.09. The van der Waals surface area contributed by atoms with Crippen molar-refractivity contribution in [2.24, 2.45) is 0 Å². The highest BCUT2D eigenvalue weighted by molar-refractivity contribution is 5.86. The Morgan fingerprint density at radius 3 is 3.00 bits per heavy atom. The van der Waals surface area contributed by atoms with Crippen LogP contribution in [0, 0.1) is 0 Å². The highest BCUT2D eigenvalue weighted by Crippen LogP contribution is 2.18. The van der Waals surface area contributed by atoms with Gasteiger partial charge in [-0.15, -0.1) is 10.2 Å². The number of aliphatic carboxylic acids is 1. The fourth-order valence-electron chi connectivity index (χ4n) is 1.99. The molecule has 1 fully saturated rings. The minimum absolute atomic E-state index is 0.0269. The molecule has 0 aliphatic carbocycles. The van der Waals surface area contributed by atoms with Gasteiger partial charge < -0.3 is 25.0 Å². The second kappa shape index (κ2) is 5.87. The molecule has 1 aromatic heterocycles. The van der Waals surface area contributed by atoms with Gasteiger partial charge in [-0.25, -0.2) is 9.59 Å². The van der Waals surface area contributed by atoms with Crippen molar-refractivity contribution >= 4 is 12.0 Å². The van der Waals surface area contributed by atoms with E-state index in [-0.39, 0.29) is 19.6 Å². The lowest BCUT2D eigenvalue weighted by Gasteiger charge is -2.23. The van der Waals surface area contributed by atoms with Crippen LogP contribution in [0.1, 0.15) is 19.2 Å². The van der Waals surface area contributed by atoms with Crippen molar-refractivity contribution in [2.45, 2.75) is 32.0 Å². The van der Waals surface area contributed by atoms with Gasteiger partial charge in [0.05, 0.1) is 13.2 Å². The number of amides is 2. The number of carbonyl (C=O) groups is 2. The number of nitrogens with one attached hydrogen (secondary N) is 2. The second-order valence-corrected chi connectivity index (χ2v) is 4.53. The first-order valence-electron chi connectivity index (χ1n) is 6.31. The fourth-order valence-corrected chi connectivity index (χ4v) is 1.99. The maximum absolute atomic E-state index is 11.8. The standard InChI is InChI=1S/C11H17N5O4/c1-2-16-7-13-15-8(16)5-12-10(19)14-11(9(17)18)3-4-20-6-11/h7H,2-6H2,1H3,(H,17,18)(H2,12,14,19). The molecule has 9 heteroatoms. The topological polar surface area (TPSA) is 118 Å². The van der Waals surface area contributed by atoms with Gasteiger partial charge in [-0.05, 0) is 6.92 Å². The molecule has 1 saturated heterocycles. The molecule has 3 N–H and O–H groups in total. The molecule has 1 aliphatic heterocycles. The van der Waals surface area contributed by atoms with Crippen LogP contribution in [-0.2, 0) is 22.6 Å². The van der Waals surface area contributed by atoms with E-state index in [1.807, 2.05) is 6.92 Å². The van der Waals surface area contributed by atoms with Crippen LogP contribution in [0.25, 0.3) is 0 Å². The third-order valence-corrected chi connectivity index (χ3v) is 3.23. The van der Waals surface area contributed by atoms with E-state index in [9.17, 15) is 14.7 Å². The number of aryl methyl sites for hydroxylation is 1. The number of rotatable bonds is 5. The molecule has 0 bridgehead atoms. The largest absolute Gasteiger partial charge is 0.479 e. The zero-order valence-electron chi connectivity index (χ0n) is 11.1. The number of urea groups is 1. The summed E-state index contributed by atoms with van der Waals surface area (Å²) in [5.41, 5.74) is -1.34. The first-order valence-corrected chi connectivity index (χ1v) is 6.31. The van der Waals surface area contributed by atoms with Gasteiger partial charge >= 0.3 is 12.0 Å². The Hall–Kier alpha value is -2.16. The molecule has 110 valence electrons. The Balaban J connectivity index is 1.91. The summed E-state index contributed by atoms with van der Waals surface area (Å²) in [6.07, 6.45) is 1.82. The highest BCUT2D eigenvalue weighted by Gasteiger charge is 2.43. The van der Waals surface area contributed by atoms with E-state index in [0.29, 0.717) is 19.0 Å². The molecule has 2 amide bonds. The summed E-state index contributed by atoms with van der Waals surface area (Å²) < 4.78 is 6.84. The number of ether oxygens (including phenoxy) is 1. The quantitative estimate of drug-likeness (QED) is 0.660. The Morgan fingerprint density at radius 1 is 1.60 bits per heavy atom. The molecule has 1 aromatic rings. The molecule has 0 spiro atoms. The van der Waals surface area contributed by atoms with Crippen molar-refractivity contribution in [1.82, 2.24) is 25.4 Å². The van der Waals surface area contributed by atoms with Gasteiger partial charge in [-0.1, -0.05) is 0 Å². The van der Waals surface area contributed by atoms with Gasteiger partial charge in [0.15, 0.2) is 11.4 Å². The van der Waals surface area contributed by atoms with Crippen LogP contribution in [0.2, 0.25) is 0 Å². The number of hydrogen-bond donors (Lipinski definition) is 3. The summed E-state index contributed by atoms with van der Waals surface area (Å²) in [4.78, 5) is 23.0. The maximum Gasteiger partial charge on any atom is 0.332 e. The van der Waals surface area contributed by atoms with Crippen molar-refractivity contribution in [3.63, 3.8) is 0 Å². The van der Waals surface area contributed by atoms with Crippen molar-refractivity contribution in [2.75, 3.05) is 13.2 Å². The van der Waals surface area contributed by atoms with Crippen LogP contribution in [0.3, 0.4) is 0 Å². The van der Waals surface area contributed by atoms with Crippen LogP contribution < -0.4 is 10.6 Å². The summed E-state index contributed by atoms with van der Waals surface area (Å²) in [6, 6.07) is -0.566. The minimum atomic E-state index is -1.34. The van der Waals surface area contributed by atoms with Crippen LogP contribution in [0.15, 0.2) is 6.33 Å². The van der Waals surface area contributed by atoms with Gasteiger partial charge in [-0.2, -0.15) is 0 Å². The zero-order valence-corrected chi connectivity index (χ0v) is 11.1. The molecule has 0 saturated carbocycles. The van der Waals surface area contributed by atoms with Crippen molar-refractivity contribution in [3.05, 3.63) is 12.2 Å². The van der Waals surface area contributed by atoms with Gasteiger partial charge in [0.1, 0.15) is 6.33 Å². The molecule has 2 heterocycles. The predicted molar refractivity (Wildman–Crippen MR) is 66.9 cm³/mol. The predicted octanol–water partition coefficient (Wildman–Crippen LogP) is -0.659.